The number of anilines is 1. The van der Waals surface area contributed by atoms with Crippen molar-refractivity contribution in [2.75, 3.05) is 20.0 Å². The number of ether oxygens (including phenoxy) is 2. The predicted molar refractivity (Wildman–Crippen MR) is 71.6 cm³/mol. The van der Waals surface area contributed by atoms with Crippen LogP contribution in [-0.4, -0.2) is 29.1 Å². The summed E-state index contributed by atoms with van der Waals surface area (Å²) in [5, 5.41) is 11.1. The first-order valence-corrected chi connectivity index (χ1v) is 5.56. The molecule has 20 heavy (non-hydrogen) atoms. The summed E-state index contributed by atoms with van der Waals surface area (Å²) in [6.45, 7) is 0. The molecule has 8 heteroatoms. The van der Waals surface area contributed by atoms with Crippen LogP contribution in [0.5, 0.6) is 11.5 Å². The molecule has 0 aliphatic carbocycles. The Labute approximate surface area is 114 Å². The Morgan fingerprint density at radius 3 is 2.65 bits per heavy atom. The predicted octanol–water partition coefficient (Wildman–Crippen LogP) is 1.65. The molecule has 0 bridgehead atoms. The molecule has 0 atom stereocenters. The van der Waals surface area contributed by atoms with Gasteiger partial charge in [-0.2, -0.15) is 0 Å². The van der Waals surface area contributed by atoms with E-state index in [9.17, 15) is 10.1 Å². The van der Waals surface area contributed by atoms with Gasteiger partial charge in [-0.25, -0.2) is 9.97 Å². The van der Waals surface area contributed by atoms with Gasteiger partial charge in [-0.1, -0.05) is 6.07 Å². The van der Waals surface area contributed by atoms with Crippen molar-refractivity contribution in [1.82, 2.24) is 9.97 Å². The average molecular weight is 276 g/mol. The molecular formula is C12H12N4O4. The van der Waals surface area contributed by atoms with Gasteiger partial charge in [0.2, 0.25) is 5.95 Å². The first kappa shape index (κ1) is 13.5. The van der Waals surface area contributed by atoms with E-state index in [1.165, 1.54) is 14.2 Å². The normalized spacial score (nSPS) is 10.1. The van der Waals surface area contributed by atoms with Crippen LogP contribution in [0.4, 0.5) is 11.6 Å². The zero-order valence-corrected chi connectivity index (χ0v) is 10.9. The molecule has 0 radical (unpaired) electrons. The standard InChI is InChI=1S/C12H12N4O4/c1-19-9-5-3-4-7(11(9)20-2)10-8(16(17)18)6-14-12(13)15-10/h3-6H,1-2H3,(H2,13,14,15). The van der Waals surface area contributed by atoms with E-state index in [0.717, 1.165) is 6.20 Å². The smallest absolute Gasteiger partial charge is 0.313 e. The summed E-state index contributed by atoms with van der Waals surface area (Å²) in [4.78, 5) is 18.1. The lowest BCUT2D eigenvalue weighted by Gasteiger charge is -2.12. The van der Waals surface area contributed by atoms with Crippen LogP contribution in [0.3, 0.4) is 0 Å². The van der Waals surface area contributed by atoms with Crippen LogP contribution >= 0.6 is 0 Å². The Balaban J connectivity index is 2.74. The number of hydrogen-bond acceptors (Lipinski definition) is 7. The van der Waals surface area contributed by atoms with Crippen molar-refractivity contribution in [2.24, 2.45) is 0 Å². The molecule has 0 aliphatic rings. The van der Waals surface area contributed by atoms with Gasteiger partial charge in [-0.15, -0.1) is 0 Å². The van der Waals surface area contributed by atoms with E-state index in [1.807, 2.05) is 0 Å². The highest BCUT2D eigenvalue weighted by atomic mass is 16.6. The van der Waals surface area contributed by atoms with Crippen LogP contribution in [0.15, 0.2) is 24.4 Å². The summed E-state index contributed by atoms with van der Waals surface area (Å²) >= 11 is 0. The molecule has 0 unspecified atom stereocenters. The van der Waals surface area contributed by atoms with Crippen LogP contribution in [0.1, 0.15) is 0 Å². The SMILES string of the molecule is COc1cccc(-c2nc(N)ncc2[N+](=O)[O-])c1OC. The largest absolute Gasteiger partial charge is 0.493 e. The minimum atomic E-state index is -0.576. The van der Waals surface area contributed by atoms with Crippen molar-refractivity contribution < 1.29 is 14.4 Å². The van der Waals surface area contributed by atoms with Crippen molar-refractivity contribution in [2.45, 2.75) is 0 Å². The van der Waals surface area contributed by atoms with Gasteiger partial charge < -0.3 is 15.2 Å². The molecule has 0 amide bonds. The molecule has 0 aliphatic heterocycles. The molecule has 0 spiro atoms. The molecular weight excluding hydrogens is 264 g/mol. The van der Waals surface area contributed by atoms with Gasteiger partial charge in [0.1, 0.15) is 6.20 Å². The third-order valence-corrected chi connectivity index (χ3v) is 2.64. The molecule has 2 rings (SSSR count). The van der Waals surface area contributed by atoms with Crippen molar-refractivity contribution in [3.8, 4) is 22.8 Å². The number of aromatic nitrogens is 2. The lowest BCUT2D eigenvalue weighted by Crippen LogP contribution is -2.02. The topological polar surface area (TPSA) is 113 Å². The molecule has 0 fully saturated rings. The van der Waals surface area contributed by atoms with Crippen molar-refractivity contribution in [1.29, 1.82) is 0 Å². The lowest BCUT2D eigenvalue weighted by molar-refractivity contribution is -0.384. The average Bonchev–Trinajstić information content (AvgIpc) is 2.45. The molecule has 1 aromatic carbocycles. The van der Waals surface area contributed by atoms with Gasteiger partial charge in [0.15, 0.2) is 17.2 Å². The Morgan fingerprint density at radius 2 is 2.05 bits per heavy atom. The van der Waals surface area contributed by atoms with E-state index in [4.69, 9.17) is 15.2 Å². The number of rotatable bonds is 4. The van der Waals surface area contributed by atoms with Gasteiger partial charge in [-0.05, 0) is 12.1 Å². The lowest BCUT2D eigenvalue weighted by atomic mass is 10.1. The number of hydrogen-bond donors (Lipinski definition) is 1. The molecule has 1 aromatic heterocycles. The molecule has 8 nitrogen and oxygen atoms in total. The van der Waals surface area contributed by atoms with E-state index >= 15 is 0 Å². The summed E-state index contributed by atoms with van der Waals surface area (Å²) in [7, 11) is 2.92. The van der Waals surface area contributed by atoms with Crippen molar-refractivity contribution >= 4 is 11.6 Å². The number of nitrogen functional groups attached to an aromatic ring is 1. The number of benzene rings is 1. The molecule has 104 valence electrons. The molecule has 1 heterocycles. The monoisotopic (exact) mass is 276 g/mol. The maximum Gasteiger partial charge on any atom is 0.313 e. The van der Waals surface area contributed by atoms with Crippen LogP contribution in [0, 0.1) is 10.1 Å². The van der Waals surface area contributed by atoms with Crippen molar-refractivity contribution in [3.05, 3.63) is 34.5 Å². The molecule has 0 saturated carbocycles. The highest BCUT2D eigenvalue weighted by molar-refractivity contribution is 5.77. The Morgan fingerprint density at radius 1 is 1.30 bits per heavy atom. The number of nitrogens with zero attached hydrogens (tertiary/aromatic N) is 3. The van der Waals surface area contributed by atoms with Crippen LogP contribution in [0.25, 0.3) is 11.3 Å². The maximum absolute atomic E-state index is 11.1. The summed E-state index contributed by atoms with van der Waals surface area (Å²) in [6.07, 6.45) is 1.07. The third-order valence-electron chi connectivity index (χ3n) is 2.64. The maximum atomic E-state index is 11.1. The van der Waals surface area contributed by atoms with Gasteiger partial charge >= 0.3 is 5.69 Å². The number of nitro groups is 1. The molecule has 2 N–H and O–H groups in total. The van der Waals surface area contributed by atoms with Crippen LogP contribution in [-0.2, 0) is 0 Å². The molecule has 2 aromatic rings. The van der Waals surface area contributed by atoms with Crippen LogP contribution < -0.4 is 15.2 Å². The first-order valence-electron chi connectivity index (χ1n) is 5.56. The fourth-order valence-corrected chi connectivity index (χ4v) is 1.79. The van der Waals surface area contributed by atoms with E-state index in [2.05, 4.69) is 9.97 Å². The van der Waals surface area contributed by atoms with Gasteiger partial charge in [0.05, 0.1) is 24.7 Å². The third kappa shape index (κ3) is 2.30. The highest BCUT2D eigenvalue weighted by Gasteiger charge is 2.23. The highest BCUT2D eigenvalue weighted by Crippen LogP contribution is 2.40. The number of methoxy groups -OCH3 is 2. The van der Waals surface area contributed by atoms with E-state index in [-0.39, 0.29) is 17.3 Å². The second-order valence-electron chi connectivity index (χ2n) is 3.76. The Bertz CT molecular complexity index is 660. The summed E-state index contributed by atoms with van der Waals surface area (Å²) < 4.78 is 10.4. The fourth-order valence-electron chi connectivity index (χ4n) is 1.79. The number of nitrogens with two attached hydrogens (primary N) is 1. The Hall–Kier alpha value is -2.90. The molecule has 0 saturated heterocycles. The second kappa shape index (κ2) is 5.39. The minimum absolute atomic E-state index is 0.0597. The van der Waals surface area contributed by atoms with E-state index in [0.29, 0.717) is 17.1 Å². The van der Waals surface area contributed by atoms with E-state index in [1.54, 1.807) is 18.2 Å². The van der Waals surface area contributed by atoms with Crippen molar-refractivity contribution in [3.63, 3.8) is 0 Å². The summed E-state index contributed by atoms with van der Waals surface area (Å²) in [6, 6.07) is 4.99. The fraction of sp³-hybridized carbons (Fsp3) is 0.167. The number of para-hydroxylation sites is 1. The minimum Gasteiger partial charge on any atom is -0.493 e. The van der Waals surface area contributed by atoms with Gasteiger partial charge in [-0.3, -0.25) is 10.1 Å². The zero-order valence-electron chi connectivity index (χ0n) is 10.9. The summed E-state index contributed by atoms with van der Waals surface area (Å²) in [5.74, 6) is 0.725. The Kier molecular flexibility index (Phi) is 3.65. The van der Waals surface area contributed by atoms with Gasteiger partial charge in [0.25, 0.3) is 0 Å². The van der Waals surface area contributed by atoms with Crippen LogP contribution in [0.2, 0.25) is 0 Å². The zero-order chi connectivity index (χ0) is 14.7. The van der Waals surface area contributed by atoms with Gasteiger partial charge in [0, 0.05) is 0 Å². The quantitative estimate of drug-likeness (QED) is 0.667. The van der Waals surface area contributed by atoms with E-state index < -0.39 is 4.92 Å². The first-order chi connectivity index (χ1) is 9.58. The summed E-state index contributed by atoms with van der Waals surface area (Å²) in [5.41, 5.74) is 5.74. The second-order valence-corrected chi connectivity index (χ2v) is 3.76.